The molecule has 0 spiro atoms. The van der Waals surface area contributed by atoms with Crippen LogP contribution in [0, 0.1) is 0 Å². The molecule has 4 aromatic carbocycles. The highest BCUT2D eigenvalue weighted by Crippen LogP contribution is 2.21. The molecule has 0 N–H and O–H groups in total. The quantitative estimate of drug-likeness (QED) is 0.0218. The molecule has 0 aliphatic heterocycles. The Morgan fingerprint density at radius 2 is 0.684 bits per heavy atom. The van der Waals surface area contributed by atoms with E-state index in [9.17, 15) is 9.59 Å². The average molecular weight is 1030 g/mol. The van der Waals surface area contributed by atoms with Gasteiger partial charge in [-0.1, -0.05) is 187 Å². The van der Waals surface area contributed by atoms with Gasteiger partial charge in [0.05, 0.1) is 47.1 Å². The monoisotopic (exact) mass is 1030 g/mol. The molecule has 0 saturated heterocycles. The van der Waals surface area contributed by atoms with Crippen molar-refractivity contribution in [2.24, 2.45) is 9.98 Å². The summed E-state index contributed by atoms with van der Waals surface area (Å²) in [5.74, 6) is 0.793. The minimum Gasteiger partial charge on any atom is -0.494 e. The minimum atomic E-state index is -0.472. The van der Waals surface area contributed by atoms with E-state index in [0.717, 1.165) is 60.1 Å². The van der Waals surface area contributed by atoms with Gasteiger partial charge < -0.3 is 18.9 Å². The lowest BCUT2D eigenvalue weighted by Gasteiger charge is -2.08. The van der Waals surface area contributed by atoms with Gasteiger partial charge in [0.2, 0.25) is 0 Å². The number of nitrogens with zero attached hydrogens (tertiary/aromatic N) is 3. The number of unbranched alkanes of at least 4 members (excludes halogenated alkanes) is 26. The number of aliphatic imine (C=N–C) groups is 2. The lowest BCUT2D eigenvalue weighted by atomic mass is 10.0. The maximum atomic E-state index is 12.9. The third-order valence-electron chi connectivity index (χ3n) is 13.8. The van der Waals surface area contributed by atoms with Crippen molar-refractivity contribution in [2.75, 3.05) is 13.2 Å². The summed E-state index contributed by atoms with van der Waals surface area (Å²) in [6.07, 6.45) is 41.3. The average Bonchev–Trinajstić information content (AvgIpc) is 3.45. The third kappa shape index (κ3) is 27.1. The van der Waals surface area contributed by atoms with Gasteiger partial charge in [-0.15, -0.1) is 0 Å². The third-order valence-corrected chi connectivity index (χ3v) is 13.8. The Hall–Kier alpha value is -6.09. The van der Waals surface area contributed by atoms with Crippen molar-refractivity contribution in [3.63, 3.8) is 0 Å². The summed E-state index contributed by atoms with van der Waals surface area (Å²) < 4.78 is 23.1. The Morgan fingerprint density at radius 1 is 0.382 bits per heavy atom. The number of pyridine rings is 1. The molecule has 1 heterocycles. The highest BCUT2D eigenvalue weighted by Gasteiger charge is 2.11. The van der Waals surface area contributed by atoms with Crippen LogP contribution in [-0.4, -0.2) is 42.6 Å². The van der Waals surface area contributed by atoms with Gasteiger partial charge in [-0.2, -0.15) is 0 Å². The Kier molecular flexibility index (Phi) is 31.4. The number of benzene rings is 4. The molecule has 0 saturated carbocycles. The van der Waals surface area contributed by atoms with Crippen molar-refractivity contribution in [3.05, 3.63) is 149 Å². The molecule has 410 valence electrons. The Balaban J connectivity index is 0.894. The fourth-order valence-electron chi connectivity index (χ4n) is 9.07. The van der Waals surface area contributed by atoms with Gasteiger partial charge in [0.15, 0.2) is 0 Å². The smallest absolute Gasteiger partial charge is 0.338 e. The number of carbonyl (C=O) groups is 2. The number of hydrogen-bond donors (Lipinski definition) is 0. The maximum Gasteiger partial charge on any atom is 0.338 e. The Bertz CT molecular complexity index is 2180. The van der Waals surface area contributed by atoms with E-state index in [1.165, 1.54) is 167 Å². The zero-order chi connectivity index (χ0) is 53.4. The fourth-order valence-corrected chi connectivity index (χ4v) is 9.07. The molecular formula is C67H91N3O6. The molecule has 0 bridgehead atoms. The maximum absolute atomic E-state index is 12.9. The number of hydrogen-bond acceptors (Lipinski definition) is 9. The highest BCUT2D eigenvalue weighted by molar-refractivity contribution is 5.91. The van der Waals surface area contributed by atoms with Gasteiger partial charge in [-0.3, -0.25) is 15.0 Å². The number of aromatic nitrogens is 1. The van der Waals surface area contributed by atoms with E-state index in [1.54, 1.807) is 79.2 Å². The largest absolute Gasteiger partial charge is 0.494 e. The van der Waals surface area contributed by atoms with Gasteiger partial charge in [-0.05, 0) is 133 Å². The van der Waals surface area contributed by atoms with E-state index in [-0.39, 0.29) is 13.2 Å². The van der Waals surface area contributed by atoms with Crippen LogP contribution in [0.3, 0.4) is 0 Å². The minimum absolute atomic E-state index is 0.0286. The number of ether oxygens (including phenoxy) is 4. The molecule has 76 heavy (non-hydrogen) atoms. The molecule has 5 aromatic rings. The lowest BCUT2D eigenvalue weighted by Crippen LogP contribution is -2.08. The van der Waals surface area contributed by atoms with Gasteiger partial charge >= 0.3 is 11.9 Å². The van der Waals surface area contributed by atoms with Crippen molar-refractivity contribution in [1.82, 2.24) is 4.98 Å². The summed E-state index contributed by atoms with van der Waals surface area (Å²) in [4.78, 5) is 39.5. The lowest BCUT2D eigenvalue weighted by molar-refractivity contribution is 0.0463. The molecule has 0 aliphatic carbocycles. The molecule has 9 nitrogen and oxygen atoms in total. The van der Waals surface area contributed by atoms with E-state index in [2.05, 4.69) is 28.8 Å². The second-order valence-electron chi connectivity index (χ2n) is 20.4. The van der Waals surface area contributed by atoms with Crippen LogP contribution in [0.1, 0.15) is 237 Å². The molecule has 9 heteroatoms. The summed E-state index contributed by atoms with van der Waals surface area (Å²) in [5.41, 5.74) is 5.25. The predicted octanol–water partition coefficient (Wildman–Crippen LogP) is 19.0. The first kappa shape index (κ1) is 60.8. The van der Waals surface area contributed by atoms with Gasteiger partial charge in [0.1, 0.15) is 24.7 Å². The van der Waals surface area contributed by atoms with Crippen LogP contribution in [0.4, 0.5) is 11.4 Å². The molecular weight excluding hydrogens is 943 g/mol. The zero-order valence-electron chi connectivity index (χ0n) is 46.5. The van der Waals surface area contributed by atoms with Gasteiger partial charge in [0.25, 0.3) is 0 Å². The van der Waals surface area contributed by atoms with Crippen molar-refractivity contribution in [3.8, 4) is 11.5 Å². The van der Waals surface area contributed by atoms with Crippen LogP contribution < -0.4 is 9.47 Å². The number of carbonyl (C=O) groups excluding carboxylic acids is 2. The molecule has 0 radical (unpaired) electrons. The first-order valence-corrected chi connectivity index (χ1v) is 29.5. The summed E-state index contributed by atoms with van der Waals surface area (Å²) in [5, 5.41) is 0. The van der Waals surface area contributed by atoms with Crippen LogP contribution >= 0.6 is 0 Å². The highest BCUT2D eigenvalue weighted by atomic mass is 16.5. The second kappa shape index (κ2) is 39.3. The van der Waals surface area contributed by atoms with Gasteiger partial charge in [-0.25, -0.2) is 9.59 Å². The SMILES string of the molecule is CCCCCCCCCCCCCCCCOc1ccc(C=Nc2ccc(C(=O)OCc3cccc(COC(=O)c4ccc(N=Cc5ccc(OCCCCCCCCCCCCCCCC)cc5)cc4)n3)cc2)cc1. The van der Waals surface area contributed by atoms with Crippen molar-refractivity contribution in [1.29, 1.82) is 0 Å². The van der Waals surface area contributed by atoms with Crippen LogP contribution in [0.2, 0.25) is 0 Å². The van der Waals surface area contributed by atoms with E-state index >= 15 is 0 Å². The Morgan fingerprint density at radius 3 is 1.00 bits per heavy atom. The summed E-state index contributed by atoms with van der Waals surface area (Å²) in [7, 11) is 0. The topological polar surface area (TPSA) is 109 Å². The van der Waals surface area contributed by atoms with Crippen molar-refractivity contribution in [2.45, 2.75) is 207 Å². The summed E-state index contributed by atoms with van der Waals surface area (Å²) in [6.45, 7) is 5.98. The van der Waals surface area contributed by atoms with Crippen LogP contribution in [0.5, 0.6) is 11.5 Å². The number of esters is 2. The van der Waals surface area contributed by atoms with Crippen molar-refractivity contribution >= 4 is 35.7 Å². The van der Waals surface area contributed by atoms with E-state index in [4.69, 9.17) is 18.9 Å². The van der Waals surface area contributed by atoms with E-state index in [1.807, 2.05) is 48.5 Å². The van der Waals surface area contributed by atoms with Gasteiger partial charge in [0, 0.05) is 12.4 Å². The first-order valence-electron chi connectivity index (χ1n) is 29.5. The standard InChI is InChI=1S/C67H91N3O6/c1-3-5-7-9-11-13-15-17-19-21-23-25-27-29-50-73-64-46-34-56(35-47-64)52-68-60-42-38-58(39-43-60)66(71)75-54-62-32-31-33-63(70-62)55-76-67(72)59-40-44-61(45-41-59)69-53-57-36-48-65(49-37-57)74-51-30-28-26-24-22-20-18-16-14-12-10-8-6-4-2/h31-49,52-53H,3-30,50-51,54-55H2,1-2H3. The molecule has 5 rings (SSSR count). The first-order chi connectivity index (χ1) is 37.5. The molecule has 0 fully saturated rings. The van der Waals surface area contributed by atoms with E-state index < -0.39 is 11.9 Å². The number of rotatable bonds is 42. The van der Waals surface area contributed by atoms with Crippen LogP contribution in [-0.2, 0) is 22.7 Å². The van der Waals surface area contributed by atoms with Crippen LogP contribution in [0.15, 0.2) is 125 Å². The molecule has 1 aromatic heterocycles. The zero-order valence-corrected chi connectivity index (χ0v) is 46.5. The fraction of sp³-hybridized carbons (Fsp3) is 0.507. The molecule has 0 aliphatic rings. The normalized spacial score (nSPS) is 11.4. The Labute approximate surface area is 457 Å². The predicted molar refractivity (Wildman–Crippen MR) is 314 cm³/mol. The van der Waals surface area contributed by atoms with Crippen molar-refractivity contribution < 1.29 is 28.5 Å². The van der Waals surface area contributed by atoms with E-state index in [0.29, 0.717) is 22.5 Å². The molecule has 0 atom stereocenters. The second-order valence-corrected chi connectivity index (χ2v) is 20.4. The molecule has 0 amide bonds. The molecule has 0 unspecified atom stereocenters. The summed E-state index contributed by atoms with van der Waals surface area (Å²) >= 11 is 0. The summed E-state index contributed by atoms with van der Waals surface area (Å²) in [6, 6.07) is 35.2. The van der Waals surface area contributed by atoms with Crippen LogP contribution in [0.25, 0.3) is 0 Å².